The molecule has 8 nitrogen and oxygen atoms in total. The van der Waals surface area contributed by atoms with E-state index in [1.165, 1.54) is 23.0 Å². The monoisotopic (exact) mass is 386 g/mol. The van der Waals surface area contributed by atoms with Gasteiger partial charge >= 0.3 is 0 Å². The van der Waals surface area contributed by atoms with Gasteiger partial charge in [-0.25, -0.2) is 16.8 Å². The Morgan fingerprint density at radius 3 is 2.24 bits per heavy atom. The first-order valence-corrected chi connectivity index (χ1v) is 11.2. The lowest BCUT2D eigenvalue weighted by atomic mass is 10.0. The van der Waals surface area contributed by atoms with Gasteiger partial charge in [0.1, 0.15) is 5.56 Å². The van der Waals surface area contributed by atoms with Crippen molar-refractivity contribution in [2.24, 2.45) is 0 Å². The normalized spacial score (nSPS) is 12.3. The number of H-pyrrole nitrogens is 1. The molecule has 0 amide bonds. The highest BCUT2D eigenvalue weighted by molar-refractivity contribution is 7.90. The van der Waals surface area contributed by atoms with E-state index in [9.17, 15) is 26.4 Å². The van der Waals surface area contributed by atoms with E-state index in [2.05, 4.69) is 5.10 Å². The summed E-state index contributed by atoms with van der Waals surface area (Å²) in [5.74, 6) is -1.17. The molecule has 10 heteroatoms. The van der Waals surface area contributed by atoms with Crippen molar-refractivity contribution in [3.05, 3.63) is 51.4 Å². The van der Waals surface area contributed by atoms with E-state index < -0.39 is 36.8 Å². The lowest BCUT2D eigenvalue weighted by molar-refractivity contribution is 0.103. The molecule has 0 fully saturated rings. The average molecular weight is 386 g/mol. The van der Waals surface area contributed by atoms with Gasteiger partial charge in [0.05, 0.1) is 10.6 Å². The van der Waals surface area contributed by atoms with Crippen molar-refractivity contribution in [2.75, 3.05) is 12.5 Å². The number of aryl methyl sites for hydroxylation is 1. The number of benzene rings is 1. The summed E-state index contributed by atoms with van der Waals surface area (Å²) in [5, 5.41) is 2.65. The summed E-state index contributed by atoms with van der Waals surface area (Å²) >= 11 is 0. The number of ketones is 1. The van der Waals surface area contributed by atoms with Crippen LogP contribution in [0.25, 0.3) is 0 Å². The van der Waals surface area contributed by atoms with E-state index in [-0.39, 0.29) is 21.6 Å². The highest BCUT2D eigenvalue weighted by Gasteiger charge is 2.22. The number of rotatable bonds is 6. The summed E-state index contributed by atoms with van der Waals surface area (Å²) in [6, 6.07) is 3.62. The third-order valence-electron chi connectivity index (χ3n) is 3.57. The Morgan fingerprint density at radius 2 is 1.76 bits per heavy atom. The van der Waals surface area contributed by atoms with E-state index in [0.29, 0.717) is 6.54 Å². The van der Waals surface area contributed by atoms with Crippen LogP contribution in [0.4, 0.5) is 0 Å². The van der Waals surface area contributed by atoms with E-state index >= 15 is 0 Å². The lowest BCUT2D eigenvalue weighted by Crippen LogP contribution is -2.22. The molecule has 0 spiro atoms. The molecular formula is C15H18N2O6S2. The third-order valence-corrected chi connectivity index (χ3v) is 5.51. The van der Waals surface area contributed by atoms with Crippen LogP contribution in [0.15, 0.2) is 34.1 Å². The van der Waals surface area contributed by atoms with Crippen LogP contribution in [0.1, 0.15) is 28.4 Å². The van der Waals surface area contributed by atoms with Crippen molar-refractivity contribution < 1.29 is 21.6 Å². The number of nitrogens with zero attached hydrogens (tertiary/aromatic N) is 1. The molecule has 0 atom stereocenters. The second kappa shape index (κ2) is 6.60. The molecule has 0 radical (unpaired) electrons. The molecule has 1 aromatic carbocycles. The number of carbonyl (C=O) groups excluding carboxylic acids is 1. The summed E-state index contributed by atoms with van der Waals surface area (Å²) in [5.41, 5.74) is -0.634. The fraction of sp³-hybridized carbons (Fsp3) is 0.333. The zero-order valence-corrected chi connectivity index (χ0v) is 15.6. The summed E-state index contributed by atoms with van der Waals surface area (Å²) < 4.78 is 48.0. The van der Waals surface area contributed by atoms with Crippen molar-refractivity contribution in [1.82, 2.24) is 9.78 Å². The van der Waals surface area contributed by atoms with Gasteiger partial charge in [-0.3, -0.25) is 14.3 Å². The first kappa shape index (κ1) is 19.1. The Morgan fingerprint density at radius 1 is 1.12 bits per heavy atom. The smallest absolute Gasteiger partial charge is 0.277 e. The molecule has 0 unspecified atom stereocenters. The molecule has 1 aromatic heterocycles. The second-order valence-corrected chi connectivity index (χ2v) is 9.88. The minimum atomic E-state index is -3.57. The van der Waals surface area contributed by atoms with Gasteiger partial charge in [0.2, 0.25) is 0 Å². The van der Waals surface area contributed by atoms with Gasteiger partial charge in [-0.15, -0.1) is 0 Å². The van der Waals surface area contributed by atoms with Crippen LogP contribution >= 0.6 is 0 Å². The fourth-order valence-electron chi connectivity index (χ4n) is 2.38. The predicted octanol–water partition coefficient (Wildman–Crippen LogP) is 0.375. The second-order valence-electron chi connectivity index (χ2n) is 5.73. The molecule has 136 valence electrons. The molecule has 1 N–H and O–H groups in total. The predicted molar refractivity (Wildman–Crippen MR) is 92.3 cm³/mol. The number of carbonyl (C=O) groups is 1. The first-order valence-electron chi connectivity index (χ1n) is 7.27. The molecule has 0 aliphatic rings. The van der Waals surface area contributed by atoms with Crippen LogP contribution in [-0.2, 0) is 32.0 Å². The largest absolute Gasteiger partial charge is 0.302 e. The average Bonchev–Trinajstić information content (AvgIpc) is 2.84. The van der Waals surface area contributed by atoms with Crippen molar-refractivity contribution in [3.63, 3.8) is 0 Å². The van der Waals surface area contributed by atoms with Crippen molar-refractivity contribution in [2.45, 2.75) is 24.1 Å². The number of aromatic nitrogens is 2. The zero-order chi connectivity index (χ0) is 19.0. The maximum Gasteiger partial charge on any atom is 0.277 e. The molecule has 0 saturated carbocycles. The van der Waals surface area contributed by atoms with Crippen LogP contribution in [0.5, 0.6) is 0 Å². The van der Waals surface area contributed by atoms with E-state index in [1.54, 1.807) is 6.92 Å². The number of hydrogen-bond donors (Lipinski definition) is 1. The third kappa shape index (κ3) is 4.26. The molecular weight excluding hydrogens is 368 g/mol. The minimum Gasteiger partial charge on any atom is -0.302 e. The Labute approximate surface area is 145 Å². The molecule has 2 aromatic rings. The maximum absolute atomic E-state index is 12.7. The number of hydrogen-bond acceptors (Lipinski definition) is 6. The van der Waals surface area contributed by atoms with E-state index in [4.69, 9.17) is 0 Å². The molecule has 2 rings (SSSR count). The van der Waals surface area contributed by atoms with Crippen molar-refractivity contribution in [1.29, 1.82) is 0 Å². The Balaban J connectivity index is 2.65. The molecule has 0 bridgehead atoms. The Kier molecular flexibility index (Phi) is 5.05. The lowest BCUT2D eigenvalue weighted by Gasteiger charge is -2.09. The van der Waals surface area contributed by atoms with Gasteiger partial charge in [0.15, 0.2) is 25.5 Å². The fourth-order valence-corrected chi connectivity index (χ4v) is 3.85. The van der Waals surface area contributed by atoms with Crippen molar-refractivity contribution >= 4 is 25.5 Å². The van der Waals surface area contributed by atoms with E-state index in [0.717, 1.165) is 18.6 Å². The van der Waals surface area contributed by atoms with Crippen LogP contribution in [0.2, 0.25) is 0 Å². The van der Waals surface area contributed by atoms with Crippen molar-refractivity contribution in [3.8, 4) is 0 Å². The topological polar surface area (TPSA) is 123 Å². The molecule has 0 aliphatic heterocycles. The quantitative estimate of drug-likeness (QED) is 0.716. The molecule has 1 heterocycles. The Bertz CT molecular complexity index is 1090. The van der Waals surface area contributed by atoms with Gasteiger partial charge in [-0.2, -0.15) is 0 Å². The van der Waals surface area contributed by atoms with Crippen LogP contribution < -0.4 is 5.56 Å². The number of sulfone groups is 2. The Hall–Kier alpha value is -2.20. The number of aromatic amines is 1. The minimum absolute atomic E-state index is 0.0165. The maximum atomic E-state index is 12.7. The summed E-state index contributed by atoms with van der Waals surface area (Å²) in [6.45, 7) is 2.07. The van der Waals surface area contributed by atoms with Gasteiger partial charge in [-0.05, 0) is 30.7 Å². The van der Waals surface area contributed by atoms with E-state index in [1.807, 2.05) is 0 Å². The number of nitrogens with one attached hydrogen (secondary N) is 1. The highest BCUT2D eigenvalue weighted by Crippen LogP contribution is 2.20. The summed E-state index contributed by atoms with van der Waals surface area (Å²) in [7, 11) is -7.10. The first-order chi connectivity index (χ1) is 11.4. The summed E-state index contributed by atoms with van der Waals surface area (Å²) in [4.78, 5) is 24.7. The molecule has 0 saturated heterocycles. The molecule has 0 aliphatic carbocycles. The zero-order valence-electron chi connectivity index (χ0n) is 13.9. The van der Waals surface area contributed by atoms with Crippen LogP contribution in [-0.4, -0.2) is 44.9 Å². The van der Waals surface area contributed by atoms with Crippen LogP contribution in [0, 0.1) is 0 Å². The highest BCUT2D eigenvalue weighted by atomic mass is 32.2. The SMILES string of the molecule is CCn1[nH]cc(C(=O)c2ccc(S(C)(=O)=O)cc2CS(C)(=O)=O)c1=O. The van der Waals surface area contributed by atoms with Gasteiger partial charge in [0, 0.05) is 30.8 Å². The van der Waals surface area contributed by atoms with Gasteiger partial charge < -0.3 is 5.10 Å². The standard InChI is InChI=1S/C15H18N2O6S2/c1-4-17-15(19)13(8-16-17)14(18)12-6-5-11(25(3,22)23)7-10(12)9-24(2,20)21/h5-8,16H,4,9H2,1-3H3. The van der Waals surface area contributed by atoms with Gasteiger partial charge in [-0.1, -0.05) is 0 Å². The molecule has 25 heavy (non-hydrogen) atoms. The van der Waals surface area contributed by atoms with Gasteiger partial charge in [0.25, 0.3) is 5.56 Å². The van der Waals surface area contributed by atoms with Crippen LogP contribution in [0.3, 0.4) is 0 Å². The summed E-state index contributed by atoms with van der Waals surface area (Å²) in [6.07, 6.45) is 3.22.